The van der Waals surface area contributed by atoms with E-state index in [1.54, 1.807) is 18.2 Å². The van der Waals surface area contributed by atoms with E-state index in [0.29, 0.717) is 34.7 Å². The van der Waals surface area contributed by atoms with E-state index in [-0.39, 0.29) is 5.75 Å². The average Bonchev–Trinajstić information content (AvgIpc) is 2.74. The molecule has 0 aliphatic carbocycles. The van der Waals surface area contributed by atoms with E-state index in [1.807, 2.05) is 36.4 Å². The van der Waals surface area contributed by atoms with Crippen molar-refractivity contribution in [3.63, 3.8) is 0 Å². The summed E-state index contributed by atoms with van der Waals surface area (Å²) < 4.78 is 11.3. The lowest BCUT2D eigenvalue weighted by molar-refractivity contribution is 0.374. The SMILES string of the molecule is COc1cccc(-c2nc(Oc3ccc(C(C)C)cc3)c3ccccc3n2)c1O. The van der Waals surface area contributed by atoms with Crippen molar-refractivity contribution in [3.05, 3.63) is 72.3 Å². The maximum Gasteiger partial charge on any atom is 0.230 e. The Kier molecular flexibility index (Phi) is 5.04. The van der Waals surface area contributed by atoms with Gasteiger partial charge in [-0.2, -0.15) is 4.98 Å². The molecule has 29 heavy (non-hydrogen) atoms. The Bertz CT molecular complexity index is 1150. The molecule has 0 saturated heterocycles. The summed E-state index contributed by atoms with van der Waals surface area (Å²) in [7, 11) is 1.51. The molecule has 146 valence electrons. The van der Waals surface area contributed by atoms with Gasteiger partial charge in [-0.1, -0.05) is 44.2 Å². The highest BCUT2D eigenvalue weighted by atomic mass is 16.5. The number of hydrogen-bond donors (Lipinski definition) is 1. The first-order valence-electron chi connectivity index (χ1n) is 9.47. The van der Waals surface area contributed by atoms with Gasteiger partial charge in [0.05, 0.1) is 23.6 Å². The number of hydrogen-bond acceptors (Lipinski definition) is 5. The van der Waals surface area contributed by atoms with Crippen LogP contribution in [-0.4, -0.2) is 22.2 Å². The Morgan fingerprint density at radius 3 is 2.34 bits per heavy atom. The second-order valence-electron chi connectivity index (χ2n) is 7.05. The third kappa shape index (κ3) is 3.72. The van der Waals surface area contributed by atoms with Crippen LogP contribution in [0.25, 0.3) is 22.3 Å². The van der Waals surface area contributed by atoms with E-state index in [2.05, 4.69) is 35.9 Å². The molecule has 0 unspecified atom stereocenters. The monoisotopic (exact) mass is 386 g/mol. The lowest BCUT2D eigenvalue weighted by Gasteiger charge is -2.12. The molecule has 0 saturated carbocycles. The van der Waals surface area contributed by atoms with Gasteiger partial charge in [0.15, 0.2) is 17.3 Å². The lowest BCUT2D eigenvalue weighted by atomic mass is 10.0. The van der Waals surface area contributed by atoms with Gasteiger partial charge >= 0.3 is 0 Å². The zero-order valence-corrected chi connectivity index (χ0v) is 16.6. The second kappa shape index (κ2) is 7.80. The van der Waals surface area contributed by atoms with Gasteiger partial charge in [0, 0.05) is 0 Å². The molecule has 0 radical (unpaired) electrons. The van der Waals surface area contributed by atoms with Crippen LogP contribution < -0.4 is 9.47 Å². The third-order valence-corrected chi connectivity index (χ3v) is 4.79. The van der Waals surface area contributed by atoms with Gasteiger partial charge in [-0.3, -0.25) is 0 Å². The zero-order chi connectivity index (χ0) is 20.4. The molecule has 0 fully saturated rings. The normalized spacial score (nSPS) is 11.0. The summed E-state index contributed by atoms with van der Waals surface area (Å²) in [6, 6.07) is 20.9. The van der Waals surface area contributed by atoms with Gasteiger partial charge in [-0.05, 0) is 47.9 Å². The van der Waals surface area contributed by atoms with E-state index < -0.39 is 0 Å². The molecule has 4 rings (SSSR count). The van der Waals surface area contributed by atoms with E-state index in [1.165, 1.54) is 12.7 Å². The largest absolute Gasteiger partial charge is 0.504 e. The molecule has 0 atom stereocenters. The van der Waals surface area contributed by atoms with Crippen molar-refractivity contribution in [2.24, 2.45) is 0 Å². The average molecular weight is 386 g/mol. The van der Waals surface area contributed by atoms with Crippen molar-refractivity contribution < 1.29 is 14.6 Å². The van der Waals surface area contributed by atoms with Crippen LogP contribution in [0.2, 0.25) is 0 Å². The van der Waals surface area contributed by atoms with E-state index in [0.717, 1.165) is 10.9 Å². The Balaban J connectivity index is 1.81. The van der Waals surface area contributed by atoms with Crippen LogP contribution in [0.15, 0.2) is 66.7 Å². The molecule has 5 heteroatoms. The number of rotatable bonds is 5. The Morgan fingerprint density at radius 2 is 1.62 bits per heavy atom. The highest BCUT2D eigenvalue weighted by Gasteiger charge is 2.16. The standard InChI is InChI=1S/C24H22N2O3/c1-15(2)16-11-13-17(14-12-16)29-24-18-7-4-5-9-20(18)25-23(26-24)19-8-6-10-21(28-3)22(19)27/h4-15,27H,1-3H3. The van der Waals surface area contributed by atoms with Gasteiger partial charge in [0.25, 0.3) is 0 Å². The Morgan fingerprint density at radius 1 is 0.862 bits per heavy atom. The molecular weight excluding hydrogens is 364 g/mol. The highest BCUT2D eigenvalue weighted by molar-refractivity contribution is 5.86. The van der Waals surface area contributed by atoms with E-state index in [4.69, 9.17) is 9.47 Å². The van der Waals surface area contributed by atoms with Gasteiger partial charge in [-0.15, -0.1) is 0 Å². The molecular formula is C24H22N2O3. The Labute approximate surface area is 169 Å². The van der Waals surface area contributed by atoms with Gasteiger partial charge in [0.1, 0.15) is 5.75 Å². The predicted octanol–water partition coefficient (Wildman–Crippen LogP) is 5.93. The van der Waals surface area contributed by atoms with Crippen LogP contribution in [0.5, 0.6) is 23.1 Å². The molecule has 1 heterocycles. The summed E-state index contributed by atoms with van der Waals surface area (Å²) in [5.74, 6) is 2.31. The third-order valence-electron chi connectivity index (χ3n) is 4.79. The molecule has 0 aliphatic rings. The number of phenolic OH excluding ortho intramolecular Hbond substituents is 1. The number of benzene rings is 3. The summed E-state index contributed by atoms with van der Waals surface area (Å²) in [6.07, 6.45) is 0. The van der Waals surface area contributed by atoms with Crippen molar-refractivity contribution in [1.82, 2.24) is 9.97 Å². The maximum atomic E-state index is 10.5. The smallest absolute Gasteiger partial charge is 0.230 e. The minimum atomic E-state index is -0.00230. The van der Waals surface area contributed by atoms with Crippen LogP contribution in [-0.2, 0) is 0 Å². The fourth-order valence-corrected chi connectivity index (χ4v) is 3.15. The molecule has 1 aromatic heterocycles. The molecule has 5 nitrogen and oxygen atoms in total. The van der Waals surface area contributed by atoms with Crippen LogP contribution in [0.4, 0.5) is 0 Å². The number of aromatic nitrogens is 2. The predicted molar refractivity (Wildman–Crippen MR) is 114 cm³/mol. The second-order valence-corrected chi connectivity index (χ2v) is 7.05. The van der Waals surface area contributed by atoms with Gasteiger partial charge in [-0.25, -0.2) is 4.98 Å². The van der Waals surface area contributed by atoms with Crippen molar-refractivity contribution in [1.29, 1.82) is 0 Å². The number of ether oxygens (including phenoxy) is 2. The molecule has 3 aromatic carbocycles. The zero-order valence-electron chi connectivity index (χ0n) is 16.6. The highest BCUT2D eigenvalue weighted by Crippen LogP contribution is 2.37. The van der Waals surface area contributed by atoms with Crippen LogP contribution in [0.3, 0.4) is 0 Å². The Hall–Kier alpha value is -3.60. The first-order valence-corrected chi connectivity index (χ1v) is 9.47. The summed E-state index contributed by atoms with van der Waals surface area (Å²) in [5.41, 5.74) is 2.45. The van der Waals surface area contributed by atoms with Crippen molar-refractivity contribution in [2.45, 2.75) is 19.8 Å². The van der Waals surface area contributed by atoms with Crippen LogP contribution in [0.1, 0.15) is 25.3 Å². The molecule has 0 spiro atoms. The van der Waals surface area contributed by atoms with Crippen molar-refractivity contribution in [3.8, 4) is 34.5 Å². The minimum absolute atomic E-state index is 0.00230. The number of aromatic hydroxyl groups is 1. The number of phenols is 1. The molecule has 4 aromatic rings. The summed E-state index contributed by atoms with van der Waals surface area (Å²) in [4.78, 5) is 9.23. The summed E-state index contributed by atoms with van der Waals surface area (Å²) in [5, 5.41) is 11.3. The first-order chi connectivity index (χ1) is 14.1. The molecule has 0 amide bonds. The maximum absolute atomic E-state index is 10.5. The number of para-hydroxylation sites is 2. The summed E-state index contributed by atoms with van der Waals surface area (Å²) >= 11 is 0. The molecule has 0 bridgehead atoms. The first kappa shape index (κ1) is 18.7. The summed E-state index contributed by atoms with van der Waals surface area (Å²) in [6.45, 7) is 4.31. The van der Waals surface area contributed by atoms with Crippen LogP contribution >= 0.6 is 0 Å². The molecule has 1 N–H and O–H groups in total. The van der Waals surface area contributed by atoms with E-state index in [9.17, 15) is 5.11 Å². The number of nitrogens with zero attached hydrogens (tertiary/aromatic N) is 2. The number of methoxy groups -OCH3 is 1. The van der Waals surface area contributed by atoms with Crippen molar-refractivity contribution >= 4 is 10.9 Å². The topological polar surface area (TPSA) is 64.5 Å². The minimum Gasteiger partial charge on any atom is -0.504 e. The van der Waals surface area contributed by atoms with Crippen molar-refractivity contribution in [2.75, 3.05) is 7.11 Å². The van der Waals surface area contributed by atoms with Gasteiger partial charge in [0.2, 0.25) is 5.88 Å². The molecule has 0 aliphatic heterocycles. The quantitative estimate of drug-likeness (QED) is 0.461. The van der Waals surface area contributed by atoms with Gasteiger partial charge < -0.3 is 14.6 Å². The fourth-order valence-electron chi connectivity index (χ4n) is 3.15. The number of fused-ring (bicyclic) bond motifs is 1. The van der Waals surface area contributed by atoms with E-state index >= 15 is 0 Å². The lowest BCUT2D eigenvalue weighted by Crippen LogP contribution is -1.97. The van der Waals surface area contributed by atoms with Crippen LogP contribution in [0, 0.1) is 0 Å². The fraction of sp³-hybridized carbons (Fsp3) is 0.167.